The van der Waals surface area contributed by atoms with Gasteiger partial charge in [-0.1, -0.05) is 243 Å². The van der Waals surface area contributed by atoms with Crippen LogP contribution in [-0.2, 0) is 14.3 Å². The topological polar surface area (TPSA) is 149 Å². The predicted octanol–water partition coefficient (Wildman–Crippen LogP) is 13.6. The van der Waals surface area contributed by atoms with E-state index >= 15 is 0 Å². The van der Waals surface area contributed by atoms with Gasteiger partial charge in [0.05, 0.1) is 25.4 Å². The summed E-state index contributed by atoms with van der Waals surface area (Å²) in [5, 5.41) is 54.7. The number of aliphatic hydroxyl groups is 5. The monoisotopic (exact) mass is 934 g/mol. The third kappa shape index (κ3) is 36.4. The van der Waals surface area contributed by atoms with E-state index in [0.29, 0.717) is 12.8 Å². The highest BCUT2D eigenvalue weighted by molar-refractivity contribution is 5.76. The fourth-order valence-corrected chi connectivity index (χ4v) is 8.99. The van der Waals surface area contributed by atoms with Crippen LogP contribution in [0.2, 0.25) is 0 Å². The number of unbranched alkanes of at least 4 members (excludes halogenated alkanes) is 32. The highest BCUT2D eigenvalue weighted by atomic mass is 16.7. The van der Waals surface area contributed by atoms with Crippen molar-refractivity contribution < 1.29 is 39.8 Å². The van der Waals surface area contributed by atoms with Crippen molar-refractivity contribution in [3.05, 3.63) is 36.5 Å². The molecule has 1 saturated heterocycles. The van der Waals surface area contributed by atoms with E-state index in [1.54, 1.807) is 0 Å². The first-order chi connectivity index (χ1) is 32.3. The van der Waals surface area contributed by atoms with Crippen molar-refractivity contribution >= 4 is 5.91 Å². The molecular formula is C57H107NO8. The first-order valence-corrected chi connectivity index (χ1v) is 28.2. The second-order valence-electron chi connectivity index (χ2n) is 19.7. The molecule has 1 fully saturated rings. The predicted molar refractivity (Wildman–Crippen MR) is 276 cm³/mol. The summed E-state index contributed by atoms with van der Waals surface area (Å²) in [4.78, 5) is 13.1. The van der Waals surface area contributed by atoms with Gasteiger partial charge in [0.2, 0.25) is 5.91 Å². The number of carbonyl (C=O) groups is 1. The average Bonchev–Trinajstić information content (AvgIpc) is 3.32. The number of amides is 1. The Kier molecular flexibility index (Phi) is 44.6. The van der Waals surface area contributed by atoms with E-state index in [0.717, 1.165) is 64.2 Å². The third-order valence-electron chi connectivity index (χ3n) is 13.5. The van der Waals surface area contributed by atoms with Crippen LogP contribution < -0.4 is 5.32 Å². The van der Waals surface area contributed by atoms with Gasteiger partial charge < -0.3 is 40.3 Å². The van der Waals surface area contributed by atoms with Gasteiger partial charge in [0, 0.05) is 6.42 Å². The molecule has 0 aromatic heterocycles. The Morgan fingerprint density at radius 3 is 1.32 bits per heavy atom. The molecule has 7 atom stereocenters. The molecule has 388 valence electrons. The highest BCUT2D eigenvalue weighted by Crippen LogP contribution is 2.23. The van der Waals surface area contributed by atoms with Gasteiger partial charge in [-0.25, -0.2) is 0 Å². The zero-order valence-corrected chi connectivity index (χ0v) is 43.0. The Balaban J connectivity index is 2.24. The summed E-state index contributed by atoms with van der Waals surface area (Å²) < 4.78 is 11.3. The Morgan fingerprint density at radius 2 is 0.894 bits per heavy atom. The summed E-state index contributed by atoms with van der Waals surface area (Å²) in [5.74, 6) is -0.154. The molecule has 0 saturated carbocycles. The number of ether oxygens (including phenoxy) is 2. The van der Waals surface area contributed by atoms with Crippen LogP contribution >= 0.6 is 0 Å². The lowest BCUT2D eigenvalue weighted by molar-refractivity contribution is -0.302. The van der Waals surface area contributed by atoms with Crippen molar-refractivity contribution in [2.75, 3.05) is 13.2 Å². The van der Waals surface area contributed by atoms with Crippen LogP contribution in [0.4, 0.5) is 0 Å². The smallest absolute Gasteiger partial charge is 0.220 e. The van der Waals surface area contributed by atoms with Gasteiger partial charge >= 0.3 is 0 Å². The molecule has 1 aliphatic heterocycles. The van der Waals surface area contributed by atoms with Crippen molar-refractivity contribution in [1.29, 1.82) is 0 Å². The average molecular weight is 934 g/mol. The quantitative estimate of drug-likeness (QED) is 0.0261. The van der Waals surface area contributed by atoms with Gasteiger partial charge in [-0.3, -0.25) is 4.79 Å². The highest BCUT2D eigenvalue weighted by Gasteiger charge is 2.44. The Bertz CT molecular complexity index is 1130. The Morgan fingerprint density at radius 1 is 0.515 bits per heavy atom. The molecule has 0 aromatic carbocycles. The fraction of sp³-hybridized carbons (Fsp3) is 0.877. The molecule has 1 rings (SSSR count). The lowest BCUT2D eigenvalue weighted by Gasteiger charge is -2.40. The molecule has 0 bridgehead atoms. The summed E-state index contributed by atoms with van der Waals surface area (Å²) in [5.41, 5.74) is 0. The molecule has 9 nitrogen and oxygen atoms in total. The van der Waals surface area contributed by atoms with E-state index < -0.39 is 49.5 Å². The second kappa shape index (κ2) is 47.1. The van der Waals surface area contributed by atoms with E-state index in [2.05, 4.69) is 55.6 Å². The molecular weight excluding hydrogens is 827 g/mol. The molecule has 1 heterocycles. The lowest BCUT2D eigenvalue weighted by atomic mass is 9.99. The minimum atomic E-state index is -1.56. The molecule has 1 amide bonds. The van der Waals surface area contributed by atoms with Crippen molar-refractivity contribution in [2.45, 2.75) is 307 Å². The number of aliphatic hydroxyl groups excluding tert-OH is 5. The minimum Gasteiger partial charge on any atom is -0.394 e. The standard InChI is InChI=1S/C57H107NO8/c1-3-5-7-9-11-13-15-17-19-21-23-25-27-28-30-32-34-36-38-40-42-44-46-51(60)50(49-65-57-56(64)55(63)54(62)52(48-59)66-57)58-53(61)47-45-43-41-39-37-35-33-31-29-26-24-22-20-18-16-14-12-10-8-6-4-2/h16,18,22,24,29,31,50-52,54-57,59-60,62-64H,3-15,17,19-21,23,25-28,30,32-49H2,1-2H3,(H,58,61)/b18-16-,24-22-,31-29-. The van der Waals surface area contributed by atoms with Gasteiger partial charge in [0.1, 0.15) is 24.4 Å². The van der Waals surface area contributed by atoms with Crippen LogP contribution in [0, 0.1) is 0 Å². The minimum absolute atomic E-state index is 0.143. The van der Waals surface area contributed by atoms with E-state index in [1.165, 1.54) is 173 Å². The van der Waals surface area contributed by atoms with E-state index in [9.17, 15) is 30.3 Å². The summed E-state index contributed by atoms with van der Waals surface area (Å²) in [6, 6.07) is -0.727. The lowest BCUT2D eigenvalue weighted by Crippen LogP contribution is -2.60. The van der Waals surface area contributed by atoms with E-state index in [1.807, 2.05) is 0 Å². The number of hydrogen-bond acceptors (Lipinski definition) is 8. The fourth-order valence-electron chi connectivity index (χ4n) is 8.99. The largest absolute Gasteiger partial charge is 0.394 e. The molecule has 0 radical (unpaired) electrons. The molecule has 66 heavy (non-hydrogen) atoms. The first-order valence-electron chi connectivity index (χ1n) is 28.2. The molecule has 1 aliphatic rings. The van der Waals surface area contributed by atoms with Crippen LogP contribution in [0.5, 0.6) is 0 Å². The van der Waals surface area contributed by atoms with Gasteiger partial charge in [-0.2, -0.15) is 0 Å². The van der Waals surface area contributed by atoms with Crippen LogP contribution in [0.1, 0.15) is 264 Å². The maximum Gasteiger partial charge on any atom is 0.220 e. The summed E-state index contributed by atoms with van der Waals surface area (Å²) >= 11 is 0. The first kappa shape index (κ1) is 62.4. The molecule has 0 spiro atoms. The molecule has 0 aliphatic carbocycles. The van der Waals surface area contributed by atoms with Crippen molar-refractivity contribution in [1.82, 2.24) is 5.32 Å². The molecule has 7 unspecified atom stereocenters. The molecule has 6 N–H and O–H groups in total. The summed E-state index contributed by atoms with van der Waals surface area (Å²) in [7, 11) is 0. The van der Waals surface area contributed by atoms with Crippen molar-refractivity contribution in [3.63, 3.8) is 0 Å². The normalized spacial score (nSPS) is 20.0. The van der Waals surface area contributed by atoms with Crippen LogP contribution in [-0.4, -0.2) is 87.5 Å². The van der Waals surface area contributed by atoms with Crippen LogP contribution in [0.3, 0.4) is 0 Å². The van der Waals surface area contributed by atoms with Gasteiger partial charge in [0.15, 0.2) is 6.29 Å². The number of carbonyl (C=O) groups excluding carboxylic acids is 1. The molecule has 0 aromatic rings. The number of allylic oxidation sites excluding steroid dienone is 6. The number of hydrogen-bond donors (Lipinski definition) is 6. The zero-order chi connectivity index (χ0) is 48.0. The number of rotatable bonds is 48. The van der Waals surface area contributed by atoms with E-state index in [4.69, 9.17) is 9.47 Å². The summed E-state index contributed by atoms with van der Waals surface area (Å²) in [6.45, 7) is 3.84. The SMILES string of the molecule is CCCCCCC/C=C\C/C=C\C/C=C\CCCCCCCCC(=O)NC(COC1OC(CO)C(O)C(O)C1O)C(O)CCCCCCCCCCCCCCCCCCCCCCCC. The Labute approximate surface area is 406 Å². The van der Waals surface area contributed by atoms with Crippen molar-refractivity contribution in [3.8, 4) is 0 Å². The number of nitrogens with one attached hydrogen (secondary N) is 1. The van der Waals surface area contributed by atoms with Crippen LogP contribution in [0.15, 0.2) is 36.5 Å². The van der Waals surface area contributed by atoms with Gasteiger partial charge in [-0.05, 0) is 51.4 Å². The zero-order valence-electron chi connectivity index (χ0n) is 43.0. The van der Waals surface area contributed by atoms with Crippen molar-refractivity contribution in [2.24, 2.45) is 0 Å². The van der Waals surface area contributed by atoms with Crippen LogP contribution in [0.25, 0.3) is 0 Å². The Hall–Kier alpha value is -1.59. The maximum atomic E-state index is 13.1. The van der Waals surface area contributed by atoms with Gasteiger partial charge in [-0.15, -0.1) is 0 Å². The van der Waals surface area contributed by atoms with E-state index in [-0.39, 0.29) is 12.5 Å². The summed E-state index contributed by atoms with van der Waals surface area (Å²) in [6.07, 6.45) is 53.0. The maximum absolute atomic E-state index is 13.1. The van der Waals surface area contributed by atoms with Gasteiger partial charge in [0.25, 0.3) is 0 Å². The second-order valence-corrected chi connectivity index (χ2v) is 19.7. The molecule has 9 heteroatoms. The third-order valence-corrected chi connectivity index (χ3v) is 13.5.